The predicted molar refractivity (Wildman–Crippen MR) is 56.2 cm³/mol. The first-order valence-corrected chi connectivity index (χ1v) is 6.42. The molecule has 0 aliphatic carbocycles. The Hall–Kier alpha value is -0.710. The van der Waals surface area contributed by atoms with E-state index in [0.717, 1.165) is 6.42 Å². The van der Waals surface area contributed by atoms with Gasteiger partial charge in [-0.1, -0.05) is 13.8 Å². The smallest absolute Gasteiger partial charge is 0.353 e. The van der Waals surface area contributed by atoms with Gasteiger partial charge in [0, 0.05) is 10.9 Å². The van der Waals surface area contributed by atoms with Crippen LogP contribution in [0.15, 0.2) is 0 Å². The van der Waals surface area contributed by atoms with Crippen LogP contribution in [-0.4, -0.2) is 35.0 Å². The Morgan fingerprint density at radius 1 is 1.50 bits per heavy atom. The molecule has 14 heavy (non-hydrogen) atoms. The first-order valence-electron chi connectivity index (χ1n) is 4.45. The molecule has 0 aromatic rings. The minimum atomic E-state index is -0.851. The average Bonchev–Trinajstić information content (AvgIpc) is 2.11. The van der Waals surface area contributed by atoms with E-state index in [1.54, 1.807) is 13.2 Å². The quantitative estimate of drug-likeness (QED) is 0.534. The lowest BCUT2D eigenvalue weighted by Gasteiger charge is -2.07. The van der Waals surface area contributed by atoms with Crippen molar-refractivity contribution in [2.75, 3.05) is 17.9 Å². The van der Waals surface area contributed by atoms with Crippen molar-refractivity contribution >= 4 is 22.8 Å². The highest BCUT2D eigenvalue weighted by molar-refractivity contribution is 7.96. The van der Waals surface area contributed by atoms with E-state index >= 15 is 0 Å². The zero-order chi connectivity index (χ0) is 11.1. The molecule has 0 fully saturated rings. The highest BCUT2D eigenvalue weighted by atomic mass is 32.2. The van der Waals surface area contributed by atoms with Gasteiger partial charge in [-0.05, 0) is 6.42 Å². The van der Waals surface area contributed by atoms with Crippen LogP contribution in [0.5, 0.6) is 0 Å². The van der Waals surface area contributed by atoms with Crippen molar-refractivity contribution in [3.05, 3.63) is 0 Å². The Kier molecular flexibility index (Phi) is 6.36. The van der Waals surface area contributed by atoms with Gasteiger partial charge in [-0.15, -0.1) is 0 Å². The molecule has 0 aliphatic heterocycles. The van der Waals surface area contributed by atoms with Crippen LogP contribution in [0.2, 0.25) is 0 Å². The van der Waals surface area contributed by atoms with Gasteiger partial charge in [0.1, 0.15) is 6.26 Å². The third kappa shape index (κ3) is 5.85. The van der Waals surface area contributed by atoms with Crippen molar-refractivity contribution in [2.45, 2.75) is 20.3 Å². The summed E-state index contributed by atoms with van der Waals surface area (Å²) in [5.41, 5.74) is 0. The third-order valence-corrected chi connectivity index (χ3v) is 3.05. The number of aliphatic carboxylic acids is 1. The van der Waals surface area contributed by atoms with Crippen LogP contribution < -0.4 is 0 Å². The van der Waals surface area contributed by atoms with Gasteiger partial charge < -0.3 is 9.84 Å². The fourth-order valence-corrected chi connectivity index (χ4v) is 1.54. The highest BCUT2D eigenvalue weighted by Gasteiger charge is 2.20. The first kappa shape index (κ1) is 13.3. The van der Waals surface area contributed by atoms with Gasteiger partial charge in [-0.2, -0.15) is 0 Å². The monoisotopic (exact) mass is 221 g/mol. The van der Waals surface area contributed by atoms with E-state index in [9.17, 15) is 9.59 Å². The number of hydrogen-bond acceptors (Lipinski definition) is 3. The molecule has 5 heteroatoms. The minimum absolute atomic E-state index is 0.0633. The maximum Gasteiger partial charge on any atom is 0.353 e. The van der Waals surface area contributed by atoms with Crippen molar-refractivity contribution in [3.63, 3.8) is 0 Å². The summed E-state index contributed by atoms with van der Waals surface area (Å²) < 4.78 is 4.97. The van der Waals surface area contributed by atoms with Crippen LogP contribution in [-0.2, 0) is 25.2 Å². The Labute approximate surface area is 87.0 Å². The number of esters is 1. The minimum Gasteiger partial charge on any atom is -0.478 e. The second-order valence-corrected chi connectivity index (χ2v) is 5.30. The van der Waals surface area contributed by atoms with Gasteiger partial charge in [0.25, 0.3) is 5.94 Å². The summed E-state index contributed by atoms with van der Waals surface area (Å²) in [6, 6.07) is 0. The molecule has 2 atom stereocenters. The Morgan fingerprint density at radius 3 is 2.50 bits per heavy atom. The molecule has 4 nitrogen and oxygen atoms in total. The van der Waals surface area contributed by atoms with Gasteiger partial charge in [0.05, 0.1) is 5.92 Å². The van der Waals surface area contributed by atoms with Crippen molar-refractivity contribution in [1.29, 1.82) is 0 Å². The van der Waals surface area contributed by atoms with Crippen molar-refractivity contribution in [3.8, 4) is 0 Å². The summed E-state index contributed by atoms with van der Waals surface area (Å²) in [6.07, 6.45) is 2.52. The third-order valence-electron chi connectivity index (χ3n) is 1.79. The van der Waals surface area contributed by atoms with Gasteiger partial charge in [0.15, 0.2) is 0 Å². The molecule has 0 heterocycles. The summed E-state index contributed by atoms with van der Waals surface area (Å²) >= 11 is 0. The van der Waals surface area contributed by atoms with Crippen LogP contribution in [0, 0.1) is 5.92 Å². The van der Waals surface area contributed by atoms with E-state index in [4.69, 9.17) is 9.84 Å². The maximum absolute atomic E-state index is 11.2. The number of carbonyl (C=O) groups is 2. The molecule has 1 N–H and O–H groups in total. The van der Waals surface area contributed by atoms with E-state index in [1.807, 2.05) is 6.92 Å². The fourth-order valence-electron chi connectivity index (χ4n) is 0.720. The Morgan fingerprint density at radius 2 is 2.07 bits per heavy atom. The molecule has 0 amide bonds. The van der Waals surface area contributed by atoms with Crippen LogP contribution in [0.1, 0.15) is 20.3 Å². The number of rotatable bonds is 6. The summed E-state index contributed by atoms with van der Waals surface area (Å²) in [6.45, 7) is 3.71. The van der Waals surface area contributed by atoms with Crippen LogP contribution in [0.25, 0.3) is 0 Å². The van der Waals surface area contributed by atoms with E-state index in [1.165, 1.54) is 0 Å². The molecule has 0 spiro atoms. The topological polar surface area (TPSA) is 63.6 Å². The molecule has 0 aromatic carbocycles. The van der Waals surface area contributed by atoms with Gasteiger partial charge >= 0.3 is 11.9 Å². The van der Waals surface area contributed by atoms with E-state index < -0.39 is 5.97 Å². The Balaban J connectivity index is 3.71. The molecule has 2 unspecified atom stereocenters. The number of carboxylic acid groups (broad SMARTS) is 1. The van der Waals surface area contributed by atoms with Crippen molar-refractivity contribution in [1.82, 2.24) is 0 Å². The maximum atomic E-state index is 11.2. The fraction of sp³-hybridized carbons (Fsp3) is 0.778. The zero-order valence-corrected chi connectivity index (χ0v) is 9.60. The number of ether oxygens (including phenoxy) is 1. The van der Waals surface area contributed by atoms with Crippen LogP contribution in [0.3, 0.4) is 0 Å². The largest absolute Gasteiger partial charge is 0.478 e. The Bertz CT molecular complexity index is 205. The summed E-state index contributed by atoms with van der Waals surface area (Å²) in [5.74, 6) is -0.909. The highest BCUT2D eigenvalue weighted by Crippen LogP contribution is 2.04. The predicted octanol–water partition coefficient (Wildman–Crippen LogP) is 0.866. The van der Waals surface area contributed by atoms with E-state index in [-0.39, 0.29) is 34.5 Å². The van der Waals surface area contributed by atoms with E-state index in [0.29, 0.717) is 0 Å². The van der Waals surface area contributed by atoms with Crippen molar-refractivity contribution < 1.29 is 19.4 Å². The molecule has 0 rings (SSSR count). The zero-order valence-electron chi connectivity index (χ0n) is 8.78. The second-order valence-electron chi connectivity index (χ2n) is 3.21. The summed E-state index contributed by atoms with van der Waals surface area (Å²) in [5, 5.41) is 8.47. The molecule has 0 aliphatic rings. The molecule has 0 saturated carbocycles. The average molecular weight is 221 g/mol. The number of hydrogen-bond donors (Lipinski definition) is 1. The molecular weight excluding hydrogens is 204 g/mol. The molecule has 0 radical (unpaired) electrons. The summed E-state index contributed by atoms with van der Waals surface area (Å²) in [7, 11) is -0.382. The molecule has 0 saturated heterocycles. The van der Waals surface area contributed by atoms with Gasteiger partial charge in [-0.3, -0.25) is 4.79 Å². The van der Waals surface area contributed by atoms with E-state index in [2.05, 4.69) is 0 Å². The lowest BCUT2D eigenvalue weighted by atomic mass is 10.1. The van der Waals surface area contributed by atoms with Crippen molar-refractivity contribution in [2.24, 2.45) is 5.92 Å². The molecule has 0 bridgehead atoms. The molecule has 0 aromatic heterocycles. The number of carbonyl (C=O) groups excluding carboxylic acids is 1. The lowest BCUT2D eigenvalue weighted by molar-refractivity contribution is -0.146. The summed E-state index contributed by atoms with van der Waals surface area (Å²) in [4.78, 5) is 21.5. The molecule has 82 valence electrons. The normalized spacial score (nSPS) is 14.5. The first-order chi connectivity index (χ1) is 6.47. The van der Waals surface area contributed by atoms with Gasteiger partial charge in [-0.25, -0.2) is 4.79 Å². The standard InChI is InChI=1S/C9H16O4S/c1-4-7(2)9(12)13-6-14(3)5-8(10)11/h7H,4-6H2,1-3H3/p+1. The second kappa shape index (κ2) is 6.70. The van der Waals surface area contributed by atoms with Gasteiger partial charge in [0.2, 0.25) is 5.75 Å². The molecular formula is C9H17O4S+. The van der Waals surface area contributed by atoms with Crippen LogP contribution >= 0.6 is 0 Å². The lowest BCUT2D eigenvalue weighted by Crippen LogP contribution is -2.23. The van der Waals surface area contributed by atoms with Crippen LogP contribution in [0.4, 0.5) is 0 Å². The number of carboxylic acids is 1. The SMILES string of the molecule is CCC(C)C(=O)OC[S+](C)CC(=O)O.